The largest absolute Gasteiger partial charge is 0.237 e. The molecule has 0 N–H and O–H groups in total. The SMILES string of the molecule is CSc1ccc(C=Cc2nc3cc(C)c(C)cc3s2)cc1. The Morgan fingerprint density at radius 1 is 1.00 bits per heavy atom. The Hall–Kier alpha value is -1.58. The van der Waals surface area contributed by atoms with Gasteiger partial charge in [0.1, 0.15) is 5.01 Å². The molecule has 1 heterocycles. The Labute approximate surface area is 133 Å². The zero-order valence-corrected chi connectivity index (χ0v) is 14.0. The first-order valence-corrected chi connectivity index (χ1v) is 8.90. The van der Waals surface area contributed by atoms with Gasteiger partial charge >= 0.3 is 0 Å². The van der Waals surface area contributed by atoms with E-state index in [9.17, 15) is 0 Å². The lowest BCUT2D eigenvalue weighted by atomic mass is 10.1. The van der Waals surface area contributed by atoms with E-state index in [1.54, 1.807) is 23.1 Å². The average Bonchev–Trinajstić information content (AvgIpc) is 2.88. The van der Waals surface area contributed by atoms with Gasteiger partial charge in [-0.1, -0.05) is 18.2 Å². The van der Waals surface area contributed by atoms with E-state index in [0.29, 0.717) is 0 Å². The molecule has 0 fully saturated rings. The number of benzene rings is 2. The van der Waals surface area contributed by atoms with Crippen LogP contribution in [0.2, 0.25) is 0 Å². The molecule has 106 valence electrons. The summed E-state index contributed by atoms with van der Waals surface area (Å²) >= 11 is 3.51. The van der Waals surface area contributed by atoms with Gasteiger partial charge in [0.2, 0.25) is 0 Å². The minimum Gasteiger partial charge on any atom is -0.237 e. The summed E-state index contributed by atoms with van der Waals surface area (Å²) in [5.74, 6) is 0. The van der Waals surface area contributed by atoms with Crippen LogP contribution in [0.4, 0.5) is 0 Å². The van der Waals surface area contributed by atoms with Crippen molar-refractivity contribution in [3.8, 4) is 0 Å². The van der Waals surface area contributed by atoms with Crippen LogP contribution in [-0.4, -0.2) is 11.2 Å². The number of thioether (sulfide) groups is 1. The number of hydrogen-bond acceptors (Lipinski definition) is 3. The maximum atomic E-state index is 4.69. The molecule has 0 unspecified atom stereocenters. The minimum absolute atomic E-state index is 1.06. The quantitative estimate of drug-likeness (QED) is 0.566. The first-order valence-electron chi connectivity index (χ1n) is 6.85. The summed E-state index contributed by atoms with van der Waals surface area (Å²) in [6.07, 6.45) is 6.32. The lowest BCUT2D eigenvalue weighted by Gasteiger charge is -1.96. The van der Waals surface area contributed by atoms with Crippen LogP contribution < -0.4 is 0 Å². The highest BCUT2D eigenvalue weighted by molar-refractivity contribution is 7.98. The van der Waals surface area contributed by atoms with E-state index in [4.69, 9.17) is 4.98 Å². The number of nitrogens with zero attached hydrogens (tertiary/aromatic N) is 1. The minimum atomic E-state index is 1.06. The van der Waals surface area contributed by atoms with Crippen molar-refractivity contribution in [1.29, 1.82) is 0 Å². The number of aromatic nitrogens is 1. The van der Waals surface area contributed by atoms with E-state index < -0.39 is 0 Å². The van der Waals surface area contributed by atoms with Crippen LogP contribution in [0.5, 0.6) is 0 Å². The lowest BCUT2D eigenvalue weighted by molar-refractivity contribution is 1.35. The number of aryl methyl sites for hydroxylation is 2. The second kappa shape index (κ2) is 6.04. The highest BCUT2D eigenvalue weighted by Gasteiger charge is 2.03. The van der Waals surface area contributed by atoms with Gasteiger partial charge in [0.15, 0.2) is 0 Å². The van der Waals surface area contributed by atoms with E-state index >= 15 is 0 Å². The monoisotopic (exact) mass is 311 g/mol. The highest BCUT2D eigenvalue weighted by Crippen LogP contribution is 2.26. The molecule has 3 rings (SSSR count). The van der Waals surface area contributed by atoms with Crippen molar-refractivity contribution in [1.82, 2.24) is 4.98 Å². The molecule has 21 heavy (non-hydrogen) atoms. The molecule has 3 heteroatoms. The standard InChI is InChI=1S/C18H17NS2/c1-12-10-16-17(11-13(12)2)21-18(19-16)9-6-14-4-7-15(20-3)8-5-14/h4-11H,1-3H3. The van der Waals surface area contributed by atoms with Crippen LogP contribution in [0.25, 0.3) is 22.4 Å². The Morgan fingerprint density at radius 2 is 1.71 bits per heavy atom. The summed E-state index contributed by atoms with van der Waals surface area (Å²) in [5, 5.41) is 1.06. The van der Waals surface area contributed by atoms with Crippen LogP contribution in [0.3, 0.4) is 0 Å². The maximum absolute atomic E-state index is 4.69. The van der Waals surface area contributed by atoms with Gasteiger partial charge in [0, 0.05) is 4.90 Å². The van der Waals surface area contributed by atoms with Crippen molar-refractivity contribution in [2.24, 2.45) is 0 Å². The average molecular weight is 311 g/mol. The number of thiazole rings is 1. The Balaban J connectivity index is 1.88. The van der Waals surface area contributed by atoms with E-state index in [0.717, 1.165) is 10.5 Å². The third-order valence-electron chi connectivity index (χ3n) is 3.55. The van der Waals surface area contributed by atoms with Crippen molar-refractivity contribution >= 4 is 45.5 Å². The van der Waals surface area contributed by atoms with Crippen molar-refractivity contribution in [2.75, 3.05) is 6.26 Å². The molecule has 0 bridgehead atoms. The highest BCUT2D eigenvalue weighted by atomic mass is 32.2. The second-order valence-electron chi connectivity index (χ2n) is 5.06. The molecule has 0 amide bonds. The molecular formula is C18H17NS2. The topological polar surface area (TPSA) is 12.9 Å². The molecule has 1 aromatic heterocycles. The van der Waals surface area contributed by atoms with Crippen molar-refractivity contribution in [2.45, 2.75) is 18.7 Å². The van der Waals surface area contributed by atoms with Gasteiger partial charge < -0.3 is 0 Å². The fourth-order valence-electron chi connectivity index (χ4n) is 2.15. The van der Waals surface area contributed by atoms with Gasteiger partial charge in [-0.05, 0) is 67.1 Å². The van der Waals surface area contributed by atoms with Crippen LogP contribution in [0.1, 0.15) is 21.7 Å². The first kappa shape index (κ1) is 14.4. The second-order valence-corrected chi connectivity index (χ2v) is 7.00. The molecule has 0 saturated carbocycles. The lowest BCUT2D eigenvalue weighted by Crippen LogP contribution is -1.79. The molecule has 2 aromatic carbocycles. The zero-order valence-electron chi connectivity index (χ0n) is 12.4. The number of fused-ring (bicyclic) bond motifs is 1. The fraction of sp³-hybridized carbons (Fsp3) is 0.167. The first-order chi connectivity index (χ1) is 10.2. The van der Waals surface area contributed by atoms with Gasteiger partial charge in [-0.15, -0.1) is 23.1 Å². The van der Waals surface area contributed by atoms with Gasteiger partial charge in [-0.3, -0.25) is 0 Å². The smallest absolute Gasteiger partial charge is 0.117 e. The summed E-state index contributed by atoms with van der Waals surface area (Å²) in [5.41, 5.74) is 4.94. The molecule has 1 nitrogen and oxygen atoms in total. The van der Waals surface area contributed by atoms with Crippen LogP contribution >= 0.6 is 23.1 Å². The van der Waals surface area contributed by atoms with E-state index in [-0.39, 0.29) is 0 Å². The summed E-state index contributed by atoms with van der Waals surface area (Å²) in [4.78, 5) is 5.98. The van der Waals surface area contributed by atoms with Gasteiger partial charge in [0.05, 0.1) is 10.2 Å². The summed E-state index contributed by atoms with van der Waals surface area (Å²) < 4.78 is 1.26. The van der Waals surface area contributed by atoms with Crippen molar-refractivity contribution in [3.63, 3.8) is 0 Å². The fourth-order valence-corrected chi connectivity index (χ4v) is 3.51. The zero-order chi connectivity index (χ0) is 14.8. The molecule has 0 atom stereocenters. The van der Waals surface area contributed by atoms with Crippen LogP contribution in [-0.2, 0) is 0 Å². The molecular weight excluding hydrogens is 294 g/mol. The van der Waals surface area contributed by atoms with Gasteiger partial charge in [-0.25, -0.2) is 4.98 Å². The van der Waals surface area contributed by atoms with E-state index in [2.05, 4.69) is 68.7 Å². The molecule has 0 radical (unpaired) electrons. The predicted molar refractivity (Wildman–Crippen MR) is 96.2 cm³/mol. The van der Waals surface area contributed by atoms with Gasteiger partial charge in [-0.2, -0.15) is 0 Å². The molecule has 3 aromatic rings. The number of hydrogen-bond donors (Lipinski definition) is 0. The molecule has 0 aliphatic heterocycles. The van der Waals surface area contributed by atoms with Gasteiger partial charge in [0.25, 0.3) is 0 Å². The Bertz CT molecular complexity index is 759. The van der Waals surface area contributed by atoms with E-state index in [1.165, 1.54) is 26.3 Å². The van der Waals surface area contributed by atoms with Crippen molar-refractivity contribution in [3.05, 3.63) is 58.1 Å². The molecule has 0 aliphatic carbocycles. The maximum Gasteiger partial charge on any atom is 0.117 e. The summed E-state index contributed by atoms with van der Waals surface area (Å²) in [6, 6.07) is 13.0. The van der Waals surface area contributed by atoms with Crippen LogP contribution in [0, 0.1) is 13.8 Å². The Morgan fingerprint density at radius 3 is 2.43 bits per heavy atom. The third-order valence-corrected chi connectivity index (χ3v) is 5.28. The molecule has 0 aliphatic rings. The predicted octanol–water partition coefficient (Wildman–Crippen LogP) is 5.81. The third kappa shape index (κ3) is 3.20. The summed E-state index contributed by atoms with van der Waals surface area (Å²) in [7, 11) is 0. The molecule has 0 saturated heterocycles. The normalized spacial score (nSPS) is 11.6. The molecule has 0 spiro atoms. The summed E-state index contributed by atoms with van der Waals surface area (Å²) in [6.45, 7) is 4.29. The van der Waals surface area contributed by atoms with Crippen molar-refractivity contribution < 1.29 is 0 Å². The Kier molecular flexibility index (Phi) is 4.13. The van der Waals surface area contributed by atoms with E-state index in [1.807, 2.05) is 0 Å². The van der Waals surface area contributed by atoms with Crippen LogP contribution in [0.15, 0.2) is 41.3 Å². The number of rotatable bonds is 3.